The largest absolute Gasteiger partial charge is 0.402 e. The van der Waals surface area contributed by atoms with Crippen molar-refractivity contribution in [1.29, 1.82) is 0 Å². The van der Waals surface area contributed by atoms with Crippen molar-refractivity contribution in [1.82, 2.24) is 0 Å². The van der Waals surface area contributed by atoms with E-state index in [4.69, 9.17) is 14.3 Å². The average molecular weight is 210 g/mol. The molecule has 1 rings (SSSR count). The van der Waals surface area contributed by atoms with Crippen LogP contribution in [0.25, 0.3) is 0 Å². The summed E-state index contributed by atoms with van der Waals surface area (Å²) in [7, 11) is 0.337. The molecule has 0 aromatic heterocycles. The molecule has 0 bridgehead atoms. The van der Waals surface area contributed by atoms with Crippen LogP contribution in [0, 0.1) is 0 Å². The molecule has 1 unspecified atom stereocenters. The maximum absolute atomic E-state index is 9.30. The zero-order chi connectivity index (χ0) is 10.0. The van der Waals surface area contributed by atoms with Crippen molar-refractivity contribution in [2.45, 2.75) is 30.7 Å². The summed E-state index contributed by atoms with van der Waals surface area (Å²) in [6, 6.07) is 0. The highest BCUT2D eigenvalue weighted by Crippen LogP contribution is 2.20. The summed E-state index contributed by atoms with van der Waals surface area (Å²) in [5.41, 5.74) is 0. The third-order valence-electron chi connectivity index (χ3n) is 2.08. The second-order valence-corrected chi connectivity index (χ2v) is 3.40. The second kappa shape index (κ2) is 4.47. The predicted octanol–water partition coefficient (Wildman–Crippen LogP) is -3.92. The van der Waals surface area contributed by atoms with Crippen molar-refractivity contribution in [2.75, 3.05) is 6.61 Å². The fourth-order valence-electron chi connectivity index (χ4n) is 1.26. The zero-order valence-corrected chi connectivity index (χ0v) is 9.20. The van der Waals surface area contributed by atoms with E-state index >= 15 is 0 Å². The molecule has 0 aromatic carbocycles. The van der Waals surface area contributed by atoms with Gasteiger partial charge in [-0.05, 0) is 0 Å². The Balaban J connectivity index is 2.66. The van der Waals surface area contributed by atoms with Gasteiger partial charge in [0.25, 0.3) is 0 Å². The summed E-state index contributed by atoms with van der Waals surface area (Å²) in [6.45, 7) is -0.424. The second-order valence-electron chi connectivity index (χ2n) is 2.93. The zero-order valence-electron chi connectivity index (χ0n) is 7.20. The topological polar surface area (TPSA) is 99.4 Å². The highest BCUT2D eigenvalue weighted by atomic mass is 28.2. The van der Waals surface area contributed by atoms with E-state index in [2.05, 4.69) is 0 Å². The predicted molar refractivity (Wildman–Crippen MR) is 44.8 cm³/mol. The first-order valence-electron chi connectivity index (χ1n) is 3.95. The van der Waals surface area contributed by atoms with Gasteiger partial charge in [0.2, 0.25) is 0 Å². The minimum absolute atomic E-state index is 0.337. The van der Waals surface area contributed by atoms with E-state index < -0.39 is 37.3 Å². The molecular formula is C6H14O6Si. The van der Waals surface area contributed by atoms with Crippen LogP contribution in [0.2, 0.25) is 0 Å². The molecule has 0 aromatic rings. The van der Waals surface area contributed by atoms with Crippen molar-refractivity contribution in [3.05, 3.63) is 0 Å². The quantitative estimate of drug-likeness (QED) is 0.348. The van der Waals surface area contributed by atoms with Crippen molar-refractivity contribution in [2.24, 2.45) is 0 Å². The van der Waals surface area contributed by atoms with Gasteiger partial charge < -0.3 is 29.6 Å². The molecule has 0 aliphatic carbocycles. The van der Waals surface area contributed by atoms with E-state index in [1.807, 2.05) is 0 Å². The van der Waals surface area contributed by atoms with Crippen LogP contribution in [0.15, 0.2) is 0 Å². The lowest BCUT2D eigenvalue weighted by atomic mass is 10.00. The Morgan fingerprint density at radius 2 is 1.77 bits per heavy atom. The summed E-state index contributed by atoms with van der Waals surface area (Å²) < 4.78 is 9.82. The van der Waals surface area contributed by atoms with E-state index in [1.165, 1.54) is 0 Å². The van der Waals surface area contributed by atoms with Crippen molar-refractivity contribution < 1.29 is 29.6 Å². The Kier molecular flexibility index (Phi) is 3.80. The average Bonchev–Trinajstić information content (AvgIpc) is 2.15. The molecule has 0 saturated carbocycles. The highest BCUT2D eigenvalue weighted by Gasteiger charge is 2.43. The molecule has 1 saturated heterocycles. The van der Waals surface area contributed by atoms with Gasteiger partial charge in [-0.25, -0.2) is 0 Å². The van der Waals surface area contributed by atoms with Gasteiger partial charge in [0, 0.05) is 0 Å². The number of rotatable bonds is 2. The molecule has 1 heterocycles. The summed E-state index contributed by atoms with van der Waals surface area (Å²) in [5.74, 6) is 0. The van der Waals surface area contributed by atoms with E-state index in [1.54, 1.807) is 0 Å². The monoisotopic (exact) mass is 210 g/mol. The summed E-state index contributed by atoms with van der Waals surface area (Å²) in [4.78, 5) is 0. The third kappa shape index (κ3) is 2.07. The molecule has 78 valence electrons. The standard InChI is InChI=1S/C6H14O6Si/c7-1-2-3(8)4(9)5(10)6(11-2)12-13/h2-10H,1H2,13H3/t2-,3-,4+,5-,6?/m1/s1. The van der Waals surface area contributed by atoms with Gasteiger partial charge in [-0.3, -0.25) is 0 Å². The molecule has 1 aliphatic rings. The maximum Gasteiger partial charge on any atom is 0.176 e. The molecule has 1 fully saturated rings. The van der Waals surface area contributed by atoms with Gasteiger partial charge >= 0.3 is 0 Å². The van der Waals surface area contributed by atoms with E-state index in [0.717, 1.165) is 0 Å². The van der Waals surface area contributed by atoms with Gasteiger partial charge in [0.15, 0.2) is 6.29 Å². The van der Waals surface area contributed by atoms with Gasteiger partial charge in [0.05, 0.1) is 6.61 Å². The van der Waals surface area contributed by atoms with Gasteiger partial charge in [-0.2, -0.15) is 0 Å². The van der Waals surface area contributed by atoms with Crippen LogP contribution >= 0.6 is 0 Å². The van der Waals surface area contributed by atoms with E-state index in [-0.39, 0.29) is 0 Å². The Labute approximate surface area is 78.3 Å². The highest BCUT2D eigenvalue weighted by molar-refractivity contribution is 5.98. The number of aliphatic hydroxyl groups excluding tert-OH is 4. The molecular weight excluding hydrogens is 196 g/mol. The molecule has 0 amide bonds. The van der Waals surface area contributed by atoms with Gasteiger partial charge in [0.1, 0.15) is 34.9 Å². The van der Waals surface area contributed by atoms with Crippen molar-refractivity contribution in [3.8, 4) is 0 Å². The molecule has 4 N–H and O–H groups in total. The Morgan fingerprint density at radius 3 is 2.23 bits per heavy atom. The minimum atomic E-state index is -1.34. The lowest BCUT2D eigenvalue weighted by Crippen LogP contribution is -2.59. The number of hydrogen-bond donors (Lipinski definition) is 4. The fourth-order valence-corrected chi connectivity index (χ4v) is 1.65. The molecule has 1 aliphatic heterocycles. The first kappa shape index (κ1) is 11.1. The van der Waals surface area contributed by atoms with Crippen LogP contribution in [0.4, 0.5) is 0 Å². The maximum atomic E-state index is 9.30. The smallest absolute Gasteiger partial charge is 0.176 e. The Bertz CT molecular complexity index is 147. The number of hydrogen-bond acceptors (Lipinski definition) is 6. The molecule has 6 nitrogen and oxygen atoms in total. The summed E-state index contributed by atoms with van der Waals surface area (Å²) in [6.07, 6.45) is -5.76. The molecule has 0 radical (unpaired) electrons. The summed E-state index contributed by atoms with van der Waals surface area (Å²) in [5, 5.41) is 36.6. The van der Waals surface area contributed by atoms with Gasteiger partial charge in [-0.1, -0.05) is 0 Å². The number of aliphatic hydroxyl groups is 4. The van der Waals surface area contributed by atoms with E-state index in [0.29, 0.717) is 10.5 Å². The lowest BCUT2D eigenvalue weighted by Gasteiger charge is -2.39. The summed E-state index contributed by atoms with van der Waals surface area (Å²) >= 11 is 0. The van der Waals surface area contributed by atoms with Crippen LogP contribution in [-0.4, -0.2) is 68.2 Å². The van der Waals surface area contributed by atoms with Crippen molar-refractivity contribution in [3.63, 3.8) is 0 Å². The molecule has 0 spiro atoms. The molecule has 5 atom stereocenters. The van der Waals surface area contributed by atoms with E-state index in [9.17, 15) is 15.3 Å². The minimum Gasteiger partial charge on any atom is -0.402 e. The number of ether oxygens (including phenoxy) is 1. The molecule has 7 heteroatoms. The van der Waals surface area contributed by atoms with Crippen LogP contribution in [0.1, 0.15) is 0 Å². The van der Waals surface area contributed by atoms with Gasteiger partial charge in [-0.15, -0.1) is 0 Å². The Hall–Kier alpha value is -0.0231. The van der Waals surface area contributed by atoms with Crippen LogP contribution in [0.3, 0.4) is 0 Å². The molecule has 13 heavy (non-hydrogen) atoms. The SMILES string of the molecule is OC[C@H]1OC(O[SiH3])[C@H](O)[C@@H](O)[C@@H]1O. The third-order valence-corrected chi connectivity index (χ3v) is 2.55. The Morgan fingerprint density at radius 1 is 1.15 bits per heavy atom. The first-order chi connectivity index (χ1) is 6.11. The normalized spacial score (nSPS) is 46.6. The van der Waals surface area contributed by atoms with Crippen LogP contribution < -0.4 is 0 Å². The van der Waals surface area contributed by atoms with Crippen molar-refractivity contribution >= 4 is 10.5 Å². The van der Waals surface area contributed by atoms with Crippen LogP contribution in [0.5, 0.6) is 0 Å². The first-order valence-corrected chi connectivity index (χ1v) is 4.76. The fraction of sp³-hybridized carbons (Fsp3) is 1.00. The van der Waals surface area contributed by atoms with Crippen LogP contribution in [-0.2, 0) is 9.16 Å². The lowest BCUT2D eigenvalue weighted by molar-refractivity contribution is -0.277.